The maximum absolute atomic E-state index is 10.6. The summed E-state index contributed by atoms with van der Waals surface area (Å²) in [5, 5.41) is 21.4. The molecule has 1 aromatic carbocycles. The highest BCUT2D eigenvalue weighted by atomic mass is 32.2. The Kier molecular flexibility index (Phi) is 3.20. The second kappa shape index (κ2) is 4.39. The minimum atomic E-state index is -1.24. The normalized spacial score (nSPS) is 9.07. The monoisotopic (exact) mass is 208 g/mol. The summed E-state index contributed by atoms with van der Waals surface area (Å²) in [4.78, 5) is 21.3. The molecule has 0 fully saturated rings. The fourth-order valence-corrected chi connectivity index (χ4v) is 1.30. The Hall–Kier alpha value is -1.87. The van der Waals surface area contributed by atoms with Crippen LogP contribution in [0, 0.1) is 15.6 Å². The first-order valence-electron chi connectivity index (χ1n) is 3.45. The smallest absolute Gasteiger partial charge is 0.338 e. The summed E-state index contributed by atoms with van der Waals surface area (Å²) in [6.07, 6.45) is 0. The van der Waals surface area contributed by atoms with E-state index in [0.717, 1.165) is 11.8 Å². The number of carboxylic acid groups (broad SMARTS) is 1. The zero-order valence-corrected chi connectivity index (χ0v) is 7.61. The maximum atomic E-state index is 10.6. The molecule has 1 rings (SSSR count). The topological polar surface area (TPSA) is 90.5 Å². The van der Waals surface area contributed by atoms with Gasteiger partial charge in [-0.1, -0.05) is 0 Å². The van der Waals surface area contributed by atoms with Crippen molar-refractivity contribution < 1.29 is 9.90 Å². The zero-order chi connectivity index (χ0) is 10.6. The molecule has 0 heterocycles. The van der Waals surface area contributed by atoms with Crippen LogP contribution in [0.1, 0.15) is 10.4 Å². The van der Waals surface area contributed by atoms with E-state index in [1.54, 1.807) is 5.40 Å². The van der Waals surface area contributed by atoms with Crippen LogP contribution in [0.25, 0.3) is 0 Å². The number of aromatic carboxylic acids is 1. The standard InChI is InChI=1S/C8H4N2O3S/c9-4-14-5-1-2-7(10-13)6(3-5)8(11)12/h1-3H,(H,11,12). The summed E-state index contributed by atoms with van der Waals surface area (Å²) in [5.41, 5.74) is -0.333. The molecule has 5 nitrogen and oxygen atoms in total. The number of thioether (sulfide) groups is 1. The van der Waals surface area contributed by atoms with Crippen molar-refractivity contribution in [1.82, 2.24) is 0 Å². The van der Waals surface area contributed by atoms with Gasteiger partial charge in [-0.15, -0.1) is 4.91 Å². The van der Waals surface area contributed by atoms with Crippen molar-refractivity contribution >= 4 is 23.4 Å². The van der Waals surface area contributed by atoms with E-state index in [4.69, 9.17) is 10.4 Å². The number of nitroso groups, excluding NO2 is 1. The molecule has 1 N–H and O–H groups in total. The highest BCUT2D eigenvalue weighted by molar-refractivity contribution is 8.03. The lowest BCUT2D eigenvalue weighted by Crippen LogP contribution is -1.96. The molecule has 0 amide bonds. The Morgan fingerprint density at radius 1 is 1.57 bits per heavy atom. The van der Waals surface area contributed by atoms with Crippen molar-refractivity contribution in [2.24, 2.45) is 5.18 Å². The molecular formula is C8H4N2O3S. The third-order valence-electron chi connectivity index (χ3n) is 1.46. The van der Waals surface area contributed by atoms with Crippen LogP contribution in [0.3, 0.4) is 0 Å². The van der Waals surface area contributed by atoms with Gasteiger partial charge in [0.1, 0.15) is 11.1 Å². The number of carboxylic acids is 1. The van der Waals surface area contributed by atoms with Gasteiger partial charge in [-0.05, 0) is 35.1 Å². The number of rotatable bonds is 3. The lowest BCUT2D eigenvalue weighted by atomic mass is 10.2. The molecule has 0 spiro atoms. The van der Waals surface area contributed by atoms with E-state index in [0.29, 0.717) is 4.90 Å². The molecule has 6 heteroatoms. The minimum absolute atomic E-state index is 0.139. The van der Waals surface area contributed by atoms with Crippen LogP contribution in [0.2, 0.25) is 0 Å². The number of nitrogens with zero attached hydrogens (tertiary/aromatic N) is 2. The van der Waals surface area contributed by atoms with Gasteiger partial charge in [0.15, 0.2) is 0 Å². The maximum Gasteiger partial charge on any atom is 0.338 e. The predicted molar refractivity (Wildman–Crippen MR) is 50.3 cm³/mol. The van der Waals surface area contributed by atoms with Crippen molar-refractivity contribution in [3.05, 3.63) is 28.7 Å². The summed E-state index contributed by atoms with van der Waals surface area (Å²) in [7, 11) is 0. The van der Waals surface area contributed by atoms with Crippen LogP contribution in [0.15, 0.2) is 28.3 Å². The third kappa shape index (κ3) is 2.08. The first kappa shape index (κ1) is 10.2. The molecule has 0 bridgehead atoms. The largest absolute Gasteiger partial charge is 0.478 e. The SMILES string of the molecule is N#CSc1ccc(N=O)c(C(=O)O)c1. The highest BCUT2D eigenvalue weighted by Crippen LogP contribution is 2.25. The van der Waals surface area contributed by atoms with Gasteiger partial charge in [-0.2, -0.15) is 5.26 Å². The molecule has 1 aromatic rings. The average Bonchev–Trinajstić information content (AvgIpc) is 2.18. The number of nitriles is 1. The van der Waals surface area contributed by atoms with Gasteiger partial charge in [0.2, 0.25) is 0 Å². The first-order chi connectivity index (χ1) is 6.69. The Bertz CT molecular complexity index is 425. The molecule has 0 radical (unpaired) electrons. The first-order valence-corrected chi connectivity index (χ1v) is 4.27. The Morgan fingerprint density at radius 2 is 2.29 bits per heavy atom. The van der Waals surface area contributed by atoms with Crippen LogP contribution in [-0.2, 0) is 0 Å². The summed E-state index contributed by atoms with van der Waals surface area (Å²) in [6, 6.07) is 3.99. The Labute approximate surface area is 83.3 Å². The summed E-state index contributed by atoms with van der Waals surface area (Å²) < 4.78 is 0. The fourth-order valence-electron chi connectivity index (χ4n) is 0.882. The van der Waals surface area contributed by atoms with E-state index in [1.165, 1.54) is 18.2 Å². The molecule has 0 saturated carbocycles. The van der Waals surface area contributed by atoms with Crippen molar-refractivity contribution in [1.29, 1.82) is 5.26 Å². The zero-order valence-electron chi connectivity index (χ0n) is 6.80. The number of thiocyanates is 1. The Balaban J connectivity index is 3.22. The Morgan fingerprint density at radius 3 is 2.79 bits per heavy atom. The molecular weight excluding hydrogens is 204 g/mol. The fraction of sp³-hybridized carbons (Fsp3) is 0. The second-order valence-electron chi connectivity index (χ2n) is 2.27. The summed E-state index contributed by atoms with van der Waals surface area (Å²) in [6.45, 7) is 0. The van der Waals surface area contributed by atoms with Crippen LogP contribution in [0.5, 0.6) is 0 Å². The van der Waals surface area contributed by atoms with E-state index in [1.807, 2.05) is 0 Å². The van der Waals surface area contributed by atoms with Gasteiger partial charge in [0, 0.05) is 4.90 Å². The average molecular weight is 208 g/mol. The van der Waals surface area contributed by atoms with Gasteiger partial charge in [-0.25, -0.2) is 4.79 Å². The lowest BCUT2D eigenvalue weighted by Gasteiger charge is -1.99. The van der Waals surface area contributed by atoms with Gasteiger partial charge in [-0.3, -0.25) is 0 Å². The number of carbonyl (C=O) groups is 1. The molecule has 0 atom stereocenters. The molecule has 14 heavy (non-hydrogen) atoms. The molecule has 0 unspecified atom stereocenters. The van der Waals surface area contributed by atoms with Gasteiger partial charge < -0.3 is 5.11 Å². The molecule has 0 aliphatic rings. The quantitative estimate of drug-likeness (QED) is 0.467. The van der Waals surface area contributed by atoms with Crippen molar-refractivity contribution in [3.8, 4) is 5.40 Å². The molecule has 0 aromatic heterocycles. The van der Waals surface area contributed by atoms with Crippen LogP contribution in [-0.4, -0.2) is 11.1 Å². The van der Waals surface area contributed by atoms with Gasteiger partial charge >= 0.3 is 5.97 Å². The van der Waals surface area contributed by atoms with Gasteiger partial charge in [0.25, 0.3) is 0 Å². The lowest BCUT2D eigenvalue weighted by molar-refractivity contribution is 0.0697. The van der Waals surface area contributed by atoms with E-state index < -0.39 is 5.97 Å². The van der Waals surface area contributed by atoms with Crippen LogP contribution < -0.4 is 0 Å². The number of hydrogen-bond donors (Lipinski definition) is 1. The van der Waals surface area contributed by atoms with Crippen molar-refractivity contribution in [2.75, 3.05) is 0 Å². The third-order valence-corrected chi connectivity index (χ3v) is 2.04. The van der Waals surface area contributed by atoms with Crippen LogP contribution >= 0.6 is 11.8 Å². The van der Waals surface area contributed by atoms with E-state index in [9.17, 15) is 9.70 Å². The summed E-state index contributed by atoms with van der Waals surface area (Å²) >= 11 is 0.825. The molecule has 70 valence electrons. The van der Waals surface area contributed by atoms with Crippen molar-refractivity contribution in [2.45, 2.75) is 4.90 Å². The molecule has 0 aliphatic heterocycles. The number of hydrogen-bond acceptors (Lipinski definition) is 5. The molecule has 0 saturated heterocycles. The number of benzene rings is 1. The molecule has 0 aliphatic carbocycles. The second-order valence-corrected chi connectivity index (χ2v) is 3.13. The van der Waals surface area contributed by atoms with E-state index in [2.05, 4.69) is 5.18 Å². The summed E-state index contributed by atoms with van der Waals surface area (Å²) in [5.74, 6) is -1.24. The van der Waals surface area contributed by atoms with Crippen LogP contribution in [0.4, 0.5) is 5.69 Å². The van der Waals surface area contributed by atoms with E-state index in [-0.39, 0.29) is 11.3 Å². The highest BCUT2D eigenvalue weighted by Gasteiger charge is 2.11. The van der Waals surface area contributed by atoms with E-state index >= 15 is 0 Å². The predicted octanol–water partition coefficient (Wildman–Crippen LogP) is 2.36. The minimum Gasteiger partial charge on any atom is -0.478 e. The van der Waals surface area contributed by atoms with Gasteiger partial charge in [0.05, 0.1) is 5.56 Å². The van der Waals surface area contributed by atoms with Crippen molar-refractivity contribution in [3.63, 3.8) is 0 Å².